The highest BCUT2D eigenvalue weighted by molar-refractivity contribution is 5.95. The molecule has 0 radical (unpaired) electrons. The number of carbonyl (C=O) groups is 2. The molecule has 0 saturated heterocycles. The molecule has 0 fully saturated rings. The Labute approximate surface area is 175 Å². The van der Waals surface area contributed by atoms with Crippen LogP contribution in [0.2, 0.25) is 0 Å². The van der Waals surface area contributed by atoms with Gasteiger partial charge in [-0.15, -0.1) is 0 Å². The number of para-hydroxylation sites is 1. The van der Waals surface area contributed by atoms with Gasteiger partial charge < -0.3 is 19.5 Å². The highest BCUT2D eigenvalue weighted by Crippen LogP contribution is 2.34. The summed E-state index contributed by atoms with van der Waals surface area (Å²) < 4.78 is 53.9. The van der Waals surface area contributed by atoms with Crippen LogP contribution in [0.25, 0.3) is 6.08 Å². The fraction of sp³-hybridized carbons (Fsp3) is 0.190. The lowest BCUT2D eigenvalue weighted by Crippen LogP contribution is -2.22. The molecule has 0 saturated carbocycles. The molecule has 2 rings (SSSR count). The van der Waals surface area contributed by atoms with Crippen molar-refractivity contribution < 1.29 is 37.0 Å². The lowest BCUT2D eigenvalue weighted by molar-refractivity contribution is -0.142. The Morgan fingerprint density at radius 3 is 2.58 bits per heavy atom. The molecule has 2 aromatic carbocycles. The Morgan fingerprint density at radius 1 is 1.16 bits per heavy atom. The van der Waals surface area contributed by atoms with E-state index in [0.29, 0.717) is 17.1 Å². The summed E-state index contributed by atoms with van der Waals surface area (Å²) in [5.41, 5.74) is -0.898. The van der Waals surface area contributed by atoms with Crippen molar-refractivity contribution in [1.29, 1.82) is 5.26 Å². The second-order valence-corrected chi connectivity index (χ2v) is 5.89. The molecule has 2 aromatic rings. The molecule has 0 aliphatic carbocycles. The predicted octanol–water partition coefficient (Wildman–Crippen LogP) is 3.81. The number of hydrogen-bond donors (Lipinski definition) is 1. The van der Waals surface area contributed by atoms with Crippen LogP contribution in [0.15, 0.2) is 48.5 Å². The summed E-state index contributed by atoms with van der Waals surface area (Å²) in [6.07, 6.45) is -2.21. The van der Waals surface area contributed by atoms with Crippen molar-refractivity contribution in [2.75, 3.05) is 25.6 Å². The van der Waals surface area contributed by atoms with Gasteiger partial charge in [0, 0.05) is 6.08 Å². The van der Waals surface area contributed by atoms with Crippen LogP contribution in [-0.2, 0) is 20.5 Å². The third-order valence-corrected chi connectivity index (χ3v) is 3.74. The summed E-state index contributed by atoms with van der Waals surface area (Å²) in [6, 6.07) is 11.0. The lowest BCUT2D eigenvalue weighted by atomic mass is 10.1. The molecule has 0 aliphatic heterocycles. The number of methoxy groups -OCH3 is 1. The van der Waals surface area contributed by atoms with Crippen LogP contribution in [-0.4, -0.2) is 32.2 Å². The molecule has 0 spiro atoms. The number of hydrogen-bond acceptors (Lipinski definition) is 6. The standard InChI is InChI=1S/C21H17F3N2O5/c1-29-18-12-14(6-8-17(18)30-11-10-25)7-9-20(28)31-13-19(27)26-16-5-3-2-4-15(16)21(22,23)24/h2-9,12H,11,13H2,1H3,(H,26,27)/b9-7+. The molecule has 0 heterocycles. The highest BCUT2D eigenvalue weighted by Gasteiger charge is 2.33. The molecule has 0 aliphatic rings. The summed E-state index contributed by atoms with van der Waals surface area (Å²) in [7, 11) is 1.41. The van der Waals surface area contributed by atoms with Crippen molar-refractivity contribution in [3.05, 3.63) is 59.7 Å². The van der Waals surface area contributed by atoms with Gasteiger partial charge in [0.25, 0.3) is 5.91 Å². The first-order chi connectivity index (χ1) is 14.7. The second-order valence-electron chi connectivity index (χ2n) is 5.89. The maximum absolute atomic E-state index is 12.9. The van der Waals surface area contributed by atoms with E-state index in [4.69, 9.17) is 19.5 Å². The Bertz CT molecular complexity index is 1010. The normalized spacial score (nSPS) is 10.9. The van der Waals surface area contributed by atoms with Crippen LogP contribution in [0.1, 0.15) is 11.1 Å². The smallest absolute Gasteiger partial charge is 0.418 e. The second kappa shape index (κ2) is 10.7. The number of halogens is 3. The van der Waals surface area contributed by atoms with E-state index in [-0.39, 0.29) is 6.61 Å². The number of nitrogens with zero attached hydrogens (tertiary/aromatic N) is 1. The first-order valence-corrected chi connectivity index (χ1v) is 8.73. The maximum Gasteiger partial charge on any atom is 0.418 e. The van der Waals surface area contributed by atoms with Crippen molar-refractivity contribution in [3.8, 4) is 17.6 Å². The molecule has 0 unspecified atom stereocenters. The van der Waals surface area contributed by atoms with E-state index in [1.807, 2.05) is 6.07 Å². The molecule has 0 aromatic heterocycles. The molecule has 31 heavy (non-hydrogen) atoms. The SMILES string of the molecule is COc1cc(/C=C/C(=O)OCC(=O)Nc2ccccc2C(F)(F)F)ccc1OCC#N. The number of carbonyl (C=O) groups excluding carboxylic acids is 2. The summed E-state index contributed by atoms with van der Waals surface area (Å²) in [6.45, 7) is -0.924. The van der Waals surface area contributed by atoms with Crippen molar-refractivity contribution >= 4 is 23.6 Å². The summed E-state index contributed by atoms with van der Waals surface area (Å²) in [5, 5.41) is 10.6. The van der Waals surface area contributed by atoms with Gasteiger partial charge in [-0.3, -0.25) is 4.79 Å². The van der Waals surface area contributed by atoms with Gasteiger partial charge in [0.05, 0.1) is 18.4 Å². The zero-order chi connectivity index (χ0) is 22.9. The van der Waals surface area contributed by atoms with Gasteiger partial charge >= 0.3 is 12.1 Å². The third-order valence-electron chi connectivity index (χ3n) is 3.74. The van der Waals surface area contributed by atoms with Gasteiger partial charge in [-0.05, 0) is 35.9 Å². The van der Waals surface area contributed by atoms with Crippen LogP contribution >= 0.6 is 0 Å². The average molecular weight is 434 g/mol. The fourth-order valence-electron chi connectivity index (χ4n) is 2.39. The van der Waals surface area contributed by atoms with Gasteiger partial charge in [0.2, 0.25) is 0 Å². The first kappa shape index (κ1) is 23.3. The van der Waals surface area contributed by atoms with E-state index in [1.165, 1.54) is 25.3 Å². The van der Waals surface area contributed by atoms with Gasteiger partial charge in [0.1, 0.15) is 6.07 Å². The van der Waals surface area contributed by atoms with Crippen molar-refractivity contribution in [2.45, 2.75) is 6.18 Å². The molecule has 0 bridgehead atoms. The average Bonchev–Trinajstić information content (AvgIpc) is 2.74. The van der Waals surface area contributed by atoms with E-state index in [1.54, 1.807) is 18.2 Å². The summed E-state index contributed by atoms with van der Waals surface area (Å²) >= 11 is 0. The molecule has 1 N–H and O–H groups in total. The molecule has 1 amide bonds. The summed E-state index contributed by atoms with van der Waals surface area (Å²) in [4.78, 5) is 23.6. The van der Waals surface area contributed by atoms with Crippen molar-refractivity contribution in [2.24, 2.45) is 0 Å². The number of anilines is 1. The summed E-state index contributed by atoms with van der Waals surface area (Å²) in [5.74, 6) is -1.10. The number of rotatable bonds is 8. The minimum absolute atomic E-state index is 0.159. The van der Waals surface area contributed by atoms with Crippen LogP contribution in [0, 0.1) is 11.3 Å². The van der Waals surface area contributed by atoms with Crippen LogP contribution in [0.3, 0.4) is 0 Å². The fourth-order valence-corrected chi connectivity index (χ4v) is 2.39. The number of nitrogens with one attached hydrogen (secondary N) is 1. The van der Waals surface area contributed by atoms with E-state index >= 15 is 0 Å². The Hall–Kier alpha value is -4.00. The number of nitriles is 1. The Kier molecular flexibility index (Phi) is 8.02. The first-order valence-electron chi connectivity index (χ1n) is 8.73. The topological polar surface area (TPSA) is 97.7 Å². The Balaban J connectivity index is 1.93. The van der Waals surface area contributed by atoms with Crippen molar-refractivity contribution in [3.63, 3.8) is 0 Å². The maximum atomic E-state index is 12.9. The third kappa shape index (κ3) is 7.08. The quantitative estimate of drug-likeness (QED) is 0.501. The number of ether oxygens (including phenoxy) is 3. The largest absolute Gasteiger partial charge is 0.493 e. The number of amides is 1. The number of alkyl halides is 3. The van der Waals surface area contributed by atoms with E-state index < -0.39 is 35.9 Å². The molecular formula is C21H17F3N2O5. The van der Waals surface area contributed by atoms with E-state index in [9.17, 15) is 22.8 Å². The minimum Gasteiger partial charge on any atom is -0.493 e. The van der Waals surface area contributed by atoms with Gasteiger partial charge in [-0.2, -0.15) is 18.4 Å². The predicted molar refractivity (Wildman–Crippen MR) is 104 cm³/mol. The van der Waals surface area contributed by atoms with Gasteiger partial charge in [-0.1, -0.05) is 18.2 Å². The Morgan fingerprint density at radius 2 is 1.90 bits per heavy atom. The zero-order valence-corrected chi connectivity index (χ0v) is 16.2. The van der Waals surface area contributed by atoms with E-state index in [2.05, 4.69) is 5.32 Å². The number of benzene rings is 2. The molecule has 7 nitrogen and oxygen atoms in total. The molecule has 162 valence electrons. The molecule has 10 heteroatoms. The van der Waals surface area contributed by atoms with Crippen LogP contribution < -0.4 is 14.8 Å². The molecular weight excluding hydrogens is 417 g/mol. The van der Waals surface area contributed by atoms with Crippen molar-refractivity contribution in [1.82, 2.24) is 0 Å². The monoisotopic (exact) mass is 434 g/mol. The van der Waals surface area contributed by atoms with Gasteiger partial charge in [-0.25, -0.2) is 4.79 Å². The number of esters is 1. The van der Waals surface area contributed by atoms with Crippen LogP contribution in [0.4, 0.5) is 18.9 Å². The minimum atomic E-state index is -4.64. The van der Waals surface area contributed by atoms with Gasteiger partial charge in [0.15, 0.2) is 24.7 Å². The highest BCUT2D eigenvalue weighted by atomic mass is 19.4. The molecule has 0 atom stereocenters. The lowest BCUT2D eigenvalue weighted by Gasteiger charge is -2.13. The zero-order valence-electron chi connectivity index (χ0n) is 16.2. The van der Waals surface area contributed by atoms with Crippen LogP contribution in [0.5, 0.6) is 11.5 Å². The van der Waals surface area contributed by atoms with E-state index in [0.717, 1.165) is 18.2 Å².